The number of guanidine groups is 1. The zero-order chi connectivity index (χ0) is 13.7. The van der Waals surface area contributed by atoms with E-state index in [2.05, 4.69) is 16.0 Å². The fraction of sp³-hybridized carbons (Fsp3) is 0.562. The Morgan fingerprint density at radius 2 is 2.10 bits per heavy atom. The molecule has 20 heavy (non-hydrogen) atoms. The van der Waals surface area contributed by atoms with Gasteiger partial charge in [-0.05, 0) is 42.9 Å². The third-order valence-corrected chi connectivity index (χ3v) is 5.31. The van der Waals surface area contributed by atoms with Crippen molar-refractivity contribution in [2.75, 3.05) is 6.54 Å². The van der Waals surface area contributed by atoms with Crippen molar-refractivity contribution in [2.24, 2.45) is 10.7 Å². The first kappa shape index (κ1) is 12.2. The molecule has 0 radical (unpaired) electrons. The van der Waals surface area contributed by atoms with Crippen molar-refractivity contribution in [2.45, 2.75) is 50.1 Å². The fourth-order valence-electron chi connectivity index (χ4n) is 4.41. The van der Waals surface area contributed by atoms with Gasteiger partial charge in [0, 0.05) is 6.04 Å². The van der Waals surface area contributed by atoms with Crippen LogP contribution in [0.5, 0.6) is 0 Å². The molecule has 0 amide bonds. The Labute approximate surface area is 118 Å². The third-order valence-electron chi connectivity index (χ3n) is 5.31. The number of fused-ring (bicyclic) bond motifs is 2. The smallest absolute Gasteiger partial charge is 0.192 e. The Kier molecular flexibility index (Phi) is 2.56. The number of aliphatic imine (C=N–C) groups is 1. The van der Waals surface area contributed by atoms with E-state index in [1.807, 2.05) is 6.07 Å². The predicted octanol–water partition coefficient (Wildman–Crippen LogP) is 2.54. The lowest BCUT2D eigenvalue weighted by Crippen LogP contribution is -2.52. The first-order chi connectivity index (χ1) is 9.72. The summed E-state index contributed by atoms with van der Waals surface area (Å²) in [5.74, 6) is 0.588. The van der Waals surface area contributed by atoms with Gasteiger partial charge < -0.3 is 10.6 Å². The molecule has 1 unspecified atom stereocenters. The van der Waals surface area contributed by atoms with Crippen molar-refractivity contribution in [3.63, 3.8) is 0 Å². The van der Waals surface area contributed by atoms with Crippen molar-refractivity contribution in [1.82, 2.24) is 4.90 Å². The molecule has 1 atom stereocenters. The average Bonchev–Trinajstić information content (AvgIpc) is 3.13. The largest absolute Gasteiger partial charge is 0.370 e. The van der Waals surface area contributed by atoms with Gasteiger partial charge in [-0.1, -0.05) is 25.0 Å². The zero-order valence-corrected chi connectivity index (χ0v) is 11.6. The minimum Gasteiger partial charge on any atom is -0.370 e. The molecule has 4 rings (SSSR count). The number of hydrogen-bond donors (Lipinski definition) is 1. The number of nitrogens with zero attached hydrogens (tertiary/aromatic N) is 2. The Balaban J connectivity index is 1.80. The quantitative estimate of drug-likeness (QED) is 0.854. The number of halogens is 1. The van der Waals surface area contributed by atoms with E-state index in [0.717, 1.165) is 24.0 Å². The normalized spacial score (nSPS) is 29.2. The summed E-state index contributed by atoms with van der Waals surface area (Å²) >= 11 is 0. The molecule has 2 aliphatic carbocycles. The van der Waals surface area contributed by atoms with Crippen molar-refractivity contribution in [3.05, 3.63) is 35.1 Å². The Bertz CT molecular complexity index is 577. The van der Waals surface area contributed by atoms with E-state index in [4.69, 9.17) is 5.73 Å². The minimum atomic E-state index is -0.170. The summed E-state index contributed by atoms with van der Waals surface area (Å²) in [6.07, 6.45) is 6.63. The molecule has 1 aliphatic heterocycles. The van der Waals surface area contributed by atoms with Gasteiger partial charge in [0.15, 0.2) is 5.96 Å². The fourth-order valence-corrected chi connectivity index (χ4v) is 4.41. The summed E-state index contributed by atoms with van der Waals surface area (Å²) in [6.45, 7) is 0.686. The second-order valence-electron chi connectivity index (χ2n) is 6.28. The second-order valence-corrected chi connectivity index (χ2v) is 6.28. The molecule has 0 bridgehead atoms. The maximum Gasteiger partial charge on any atom is 0.192 e. The van der Waals surface area contributed by atoms with E-state index in [1.165, 1.54) is 25.7 Å². The molecule has 1 aromatic carbocycles. The van der Waals surface area contributed by atoms with Crippen molar-refractivity contribution in [3.8, 4) is 0 Å². The van der Waals surface area contributed by atoms with Gasteiger partial charge in [-0.2, -0.15) is 0 Å². The molecule has 2 N–H and O–H groups in total. The Hall–Kier alpha value is -1.58. The highest BCUT2D eigenvalue weighted by molar-refractivity contribution is 5.82. The van der Waals surface area contributed by atoms with Gasteiger partial charge in [0.05, 0.1) is 12.1 Å². The number of hydrogen-bond acceptors (Lipinski definition) is 3. The van der Waals surface area contributed by atoms with Crippen LogP contribution >= 0.6 is 0 Å². The molecule has 1 saturated carbocycles. The van der Waals surface area contributed by atoms with Crippen LogP contribution in [-0.2, 0) is 12.0 Å². The van der Waals surface area contributed by atoms with Crippen LogP contribution in [0.15, 0.2) is 23.2 Å². The highest BCUT2D eigenvalue weighted by atomic mass is 19.1. The predicted molar refractivity (Wildman–Crippen MR) is 77.0 cm³/mol. The summed E-state index contributed by atoms with van der Waals surface area (Å²) < 4.78 is 14.0. The first-order valence-corrected chi connectivity index (χ1v) is 7.59. The van der Waals surface area contributed by atoms with Crippen LogP contribution in [-0.4, -0.2) is 23.4 Å². The van der Waals surface area contributed by atoms with Crippen molar-refractivity contribution >= 4 is 5.96 Å². The standard InChI is InChI=1S/C16H20FN3/c17-14-7-3-6-13-12(14)8-9-16(13)10-19-15(18)20(16)11-4-1-2-5-11/h3,6-7,11H,1-2,4-5,8-10H2,(H2,18,19). The van der Waals surface area contributed by atoms with Gasteiger partial charge >= 0.3 is 0 Å². The van der Waals surface area contributed by atoms with Gasteiger partial charge in [-0.25, -0.2) is 4.39 Å². The molecule has 1 aromatic rings. The van der Waals surface area contributed by atoms with Crippen molar-refractivity contribution < 1.29 is 4.39 Å². The van der Waals surface area contributed by atoms with Gasteiger partial charge in [0.25, 0.3) is 0 Å². The van der Waals surface area contributed by atoms with E-state index in [0.29, 0.717) is 18.5 Å². The Morgan fingerprint density at radius 3 is 2.90 bits per heavy atom. The molecule has 1 fully saturated rings. The van der Waals surface area contributed by atoms with Crippen LogP contribution in [0.4, 0.5) is 4.39 Å². The van der Waals surface area contributed by atoms with E-state index < -0.39 is 0 Å². The molecule has 3 nitrogen and oxygen atoms in total. The van der Waals surface area contributed by atoms with Gasteiger partial charge in [-0.15, -0.1) is 0 Å². The molecule has 1 spiro atoms. The third kappa shape index (κ3) is 1.48. The second kappa shape index (κ2) is 4.21. The van der Waals surface area contributed by atoms with Gasteiger partial charge in [0.2, 0.25) is 0 Å². The van der Waals surface area contributed by atoms with E-state index >= 15 is 0 Å². The number of rotatable bonds is 1. The molecule has 0 saturated heterocycles. The maximum atomic E-state index is 14.0. The highest BCUT2D eigenvalue weighted by Crippen LogP contribution is 2.47. The summed E-state index contributed by atoms with van der Waals surface area (Å²) in [5.41, 5.74) is 8.02. The summed E-state index contributed by atoms with van der Waals surface area (Å²) in [5, 5.41) is 0. The molecular weight excluding hydrogens is 253 g/mol. The SMILES string of the molecule is NC1=NCC2(CCc3c(F)cccc32)N1C1CCCC1. The number of benzene rings is 1. The lowest BCUT2D eigenvalue weighted by Gasteiger charge is -2.41. The Morgan fingerprint density at radius 1 is 1.30 bits per heavy atom. The molecule has 4 heteroatoms. The van der Waals surface area contributed by atoms with Crippen LogP contribution in [0.3, 0.4) is 0 Å². The monoisotopic (exact) mass is 273 g/mol. The summed E-state index contributed by atoms with van der Waals surface area (Å²) in [6, 6.07) is 5.94. The van der Waals surface area contributed by atoms with Crippen LogP contribution in [0, 0.1) is 5.82 Å². The lowest BCUT2D eigenvalue weighted by molar-refractivity contribution is 0.149. The first-order valence-electron chi connectivity index (χ1n) is 7.59. The zero-order valence-electron chi connectivity index (χ0n) is 11.6. The topological polar surface area (TPSA) is 41.6 Å². The lowest BCUT2D eigenvalue weighted by atomic mass is 9.89. The number of nitrogens with two attached hydrogens (primary N) is 1. The van der Waals surface area contributed by atoms with Crippen LogP contribution in [0.1, 0.15) is 43.2 Å². The van der Waals surface area contributed by atoms with E-state index in [-0.39, 0.29) is 11.4 Å². The molecule has 3 aliphatic rings. The molecule has 106 valence electrons. The van der Waals surface area contributed by atoms with Gasteiger partial charge in [0.1, 0.15) is 5.82 Å². The summed E-state index contributed by atoms with van der Waals surface area (Å²) in [4.78, 5) is 6.85. The average molecular weight is 273 g/mol. The molecule has 1 heterocycles. The minimum absolute atomic E-state index is 0.0729. The maximum absolute atomic E-state index is 14.0. The molecule has 0 aromatic heterocycles. The van der Waals surface area contributed by atoms with E-state index in [9.17, 15) is 4.39 Å². The summed E-state index contributed by atoms with van der Waals surface area (Å²) in [7, 11) is 0. The highest BCUT2D eigenvalue weighted by Gasteiger charge is 2.51. The molecular formula is C16H20FN3. The van der Waals surface area contributed by atoms with Crippen LogP contribution < -0.4 is 5.73 Å². The van der Waals surface area contributed by atoms with Crippen LogP contribution in [0.2, 0.25) is 0 Å². The van der Waals surface area contributed by atoms with Crippen LogP contribution in [0.25, 0.3) is 0 Å². The van der Waals surface area contributed by atoms with E-state index in [1.54, 1.807) is 6.07 Å². The van der Waals surface area contributed by atoms with Gasteiger partial charge in [-0.3, -0.25) is 4.99 Å². The van der Waals surface area contributed by atoms with Crippen molar-refractivity contribution in [1.29, 1.82) is 0 Å².